The Kier molecular flexibility index (Phi) is 6.21. The van der Waals surface area contributed by atoms with E-state index in [0.717, 1.165) is 25.3 Å². The monoisotopic (exact) mass is 460 g/mol. The number of nitrogens with zero attached hydrogens (tertiary/aromatic N) is 1. The van der Waals surface area contributed by atoms with Gasteiger partial charge in [0.05, 0.1) is 10.7 Å². The molecule has 0 spiro atoms. The fourth-order valence-corrected chi connectivity index (χ4v) is 3.48. The lowest BCUT2D eigenvalue weighted by Gasteiger charge is -2.16. The normalized spacial score (nSPS) is 18.9. The molecule has 0 radical (unpaired) electrons. The van der Waals surface area contributed by atoms with E-state index in [1.807, 2.05) is 4.90 Å². The van der Waals surface area contributed by atoms with Gasteiger partial charge in [-0.25, -0.2) is 14.6 Å². The van der Waals surface area contributed by atoms with Crippen LogP contribution < -0.4 is 16.2 Å². The smallest absolute Gasteiger partial charge is 0.338 e. The number of likely N-dealkylation sites (tertiary alicyclic amines) is 1. The molecule has 7 nitrogen and oxygen atoms in total. The van der Waals surface area contributed by atoms with Gasteiger partial charge < -0.3 is 10.2 Å². The van der Waals surface area contributed by atoms with Crippen LogP contribution in [0.2, 0.25) is 5.02 Å². The third kappa shape index (κ3) is 5.32. The first-order valence-electron chi connectivity index (χ1n) is 8.62. The van der Waals surface area contributed by atoms with Crippen molar-refractivity contribution in [3.05, 3.63) is 27.4 Å². The summed E-state index contributed by atoms with van der Waals surface area (Å²) in [4.78, 5) is 37.6. The lowest BCUT2D eigenvalue weighted by atomic mass is 10.1. The van der Waals surface area contributed by atoms with Crippen LogP contribution in [0.5, 0.6) is 0 Å². The molecule has 1 aliphatic carbocycles. The summed E-state index contributed by atoms with van der Waals surface area (Å²) in [5.41, 5.74) is 4.35. The number of amides is 4. The molecule has 2 aliphatic rings. The summed E-state index contributed by atoms with van der Waals surface area (Å²) < 4.78 is 14.1. The summed E-state index contributed by atoms with van der Waals surface area (Å²) in [6.45, 7) is 1.24. The van der Waals surface area contributed by atoms with Crippen molar-refractivity contribution in [2.75, 3.05) is 18.4 Å². The maximum Gasteiger partial charge on any atom is 0.338 e. The van der Waals surface area contributed by atoms with E-state index in [0.29, 0.717) is 17.6 Å². The Morgan fingerprint density at radius 2 is 1.96 bits per heavy atom. The largest absolute Gasteiger partial charge is 0.342 e. The van der Waals surface area contributed by atoms with Crippen LogP contribution in [0.3, 0.4) is 0 Å². The molecular formula is C17H19BrClFN4O3. The zero-order chi connectivity index (χ0) is 19.6. The van der Waals surface area contributed by atoms with Gasteiger partial charge in [-0.3, -0.25) is 15.0 Å². The van der Waals surface area contributed by atoms with Crippen molar-refractivity contribution in [3.63, 3.8) is 0 Å². The first kappa shape index (κ1) is 19.9. The average molecular weight is 462 g/mol. The fraction of sp³-hybridized carbons (Fsp3) is 0.471. The van der Waals surface area contributed by atoms with Gasteiger partial charge in [-0.1, -0.05) is 11.6 Å². The molecule has 0 aromatic heterocycles. The molecule has 1 aromatic rings. The molecule has 3 N–H and O–H groups in total. The molecule has 27 heavy (non-hydrogen) atoms. The Balaban J connectivity index is 1.41. The molecule has 146 valence electrons. The van der Waals surface area contributed by atoms with Crippen molar-refractivity contribution < 1.29 is 18.8 Å². The number of benzene rings is 1. The minimum absolute atomic E-state index is 0.0697. The fourth-order valence-electron chi connectivity index (χ4n) is 3.00. The number of hydrazine groups is 1. The topological polar surface area (TPSA) is 90.5 Å². The molecule has 4 amide bonds. The number of hydrogen-bond acceptors (Lipinski definition) is 3. The van der Waals surface area contributed by atoms with E-state index in [1.54, 1.807) is 0 Å². The van der Waals surface area contributed by atoms with Gasteiger partial charge in [0.25, 0.3) is 0 Å². The Bertz CT molecular complexity index is 775. The molecule has 1 aromatic carbocycles. The summed E-state index contributed by atoms with van der Waals surface area (Å²) in [7, 11) is 0. The highest BCUT2D eigenvalue weighted by atomic mass is 79.9. The molecule has 1 atom stereocenters. The number of rotatable bonds is 4. The third-order valence-electron chi connectivity index (χ3n) is 4.57. The predicted molar refractivity (Wildman–Crippen MR) is 101 cm³/mol. The van der Waals surface area contributed by atoms with E-state index in [4.69, 9.17) is 11.6 Å². The first-order valence-corrected chi connectivity index (χ1v) is 9.79. The van der Waals surface area contributed by atoms with Crippen molar-refractivity contribution in [3.8, 4) is 0 Å². The van der Waals surface area contributed by atoms with Crippen LogP contribution in [0.25, 0.3) is 0 Å². The minimum Gasteiger partial charge on any atom is -0.342 e. The Morgan fingerprint density at radius 3 is 2.67 bits per heavy atom. The number of halogens is 3. The van der Waals surface area contributed by atoms with E-state index in [1.165, 1.54) is 6.07 Å². The summed E-state index contributed by atoms with van der Waals surface area (Å²) in [6.07, 6.45) is 2.89. The number of nitrogens with one attached hydrogen (secondary N) is 3. The standard InChI is InChI=1S/C17H19BrClFN4O3/c18-11-6-13(20)14(7-12(11)19)21-17(27)23-22-15(25)5-9-3-4-24(8-9)16(26)10-1-2-10/h6-7,9-10H,1-5,8H2,(H,22,25)(H2,21,23,27)/t9-/m0/s1. The predicted octanol–water partition coefficient (Wildman–Crippen LogP) is 3.04. The number of carbonyl (C=O) groups excluding carboxylic acids is 3. The van der Waals surface area contributed by atoms with Crippen molar-refractivity contribution in [2.45, 2.75) is 25.7 Å². The zero-order valence-corrected chi connectivity index (χ0v) is 16.7. The molecule has 1 saturated heterocycles. The van der Waals surface area contributed by atoms with Crippen LogP contribution >= 0.6 is 27.5 Å². The van der Waals surface area contributed by atoms with Crippen molar-refractivity contribution in [2.24, 2.45) is 11.8 Å². The Morgan fingerprint density at radius 1 is 1.22 bits per heavy atom. The van der Waals surface area contributed by atoms with Crippen molar-refractivity contribution >= 4 is 51.1 Å². The second kappa shape index (κ2) is 8.43. The molecule has 0 bridgehead atoms. The summed E-state index contributed by atoms with van der Waals surface area (Å²) in [6, 6.07) is 1.59. The van der Waals surface area contributed by atoms with E-state index in [9.17, 15) is 18.8 Å². The molecule has 1 aliphatic heterocycles. The maximum atomic E-state index is 13.8. The maximum absolute atomic E-state index is 13.8. The van der Waals surface area contributed by atoms with Gasteiger partial charge in [0.15, 0.2) is 0 Å². The van der Waals surface area contributed by atoms with Crippen LogP contribution in [0, 0.1) is 17.7 Å². The minimum atomic E-state index is -0.794. The van der Waals surface area contributed by atoms with Gasteiger partial charge in [-0.15, -0.1) is 0 Å². The second-order valence-electron chi connectivity index (χ2n) is 6.79. The molecule has 10 heteroatoms. The summed E-state index contributed by atoms with van der Waals surface area (Å²) in [5, 5.41) is 2.51. The quantitative estimate of drug-likeness (QED) is 0.475. The second-order valence-corrected chi connectivity index (χ2v) is 8.05. The van der Waals surface area contributed by atoms with Crippen molar-refractivity contribution in [1.82, 2.24) is 15.8 Å². The molecule has 3 rings (SSSR count). The number of anilines is 1. The molecule has 2 fully saturated rings. The van der Waals surface area contributed by atoms with E-state index < -0.39 is 11.8 Å². The van der Waals surface area contributed by atoms with Gasteiger partial charge in [0.1, 0.15) is 5.82 Å². The molecular weight excluding hydrogens is 443 g/mol. The van der Waals surface area contributed by atoms with Crippen molar-refractivity contribution in [1.29, 1.82) is 0 Å². The number of carbonyl (C=O) groups is 3. The van der Waals surface area contributed by atoms with Gasteiger partial charge in [0.2, 0.25) is 11.8 Å². The highest BCUT2D eigenvalue weighted by Crippen LogP contribution is 2.33. The summed E-state index contributed by atoms with van der Waals surface area (Å²) in [5.74, 6) is -0.606. The lowest BCUT2D eigenvalue weighted by molar-refractivity contribution is -0.132. The van der Waals surface area contributed by atoms with Crippen LogP contribution in [0.1, 0.15) is 25.7 Å². The van der Waals surface area contributed by atoms with Crippen LogP contribution in [0.15, 0.2) is 16.6 Å². The zero-order valence-electron chi connectivity index (χ0n) is 14.4. The Labute approximate surface area is 169 Å². The first-order chi connectivity index (χ1) is 12.8. The third-order valence-corrected chi connectivity index (χ3v) is 5.77. The van der Waals surface area contributed by atoms with Gasteiger partial charge in [0, 0.05) is 29.9 Å². The number of urea groups is 1. The molecule has 1 heterocycles. The summed E-state index contributed by atoms with van der Waals surface area (Å²) >= 11 is 8.95. The van der Waals surface area contributed by atoms with E-state index >= 15 is 0 Å². The highest BCUT2D eigenvalue weighted by Gasteiger charge is 2.36. The average Bonchev–Trinajstić information content (AvgIpc) is 3.37. The van der Waals surface area contributed by atoms with Gasteiger partial charge >= 0.3 is 6.03 Å². The van der Waals surface area contributed by atoms with Gasteiger partial charge in [-0.05, 0) is 53.2 Å². The Hall–Kier alpha value is -1.87. The molecule has 1 saturated carbocycles. The highest BCUT2D eigenvalue weighted by molar-refractivity contribution is 9.10. The van der Waals surface area contributed by atoms with Gasteiger partial charge in [-0.2, -0.15) is 0 Å². The number of hydrogen-bond donors (Lipinski definition) is 3. The van der Waals surface area contributed by atoms with Crippen LogP contribution in [-0.4, -0.2) is 35.8 Å². The molecule has 0 unspecified atom stereocenters. The van der Waals surface area contributed by atoms with E-state index in [2.05, 4.69) is 32.1 Å². The van der Waals surface area contributed by atoms with Crippen LogP contribution in [0.4, 0.5) is 14.9 Å². The van der Waals surface area contributed by atoms with Crippen LogP contribution in [-0.2, 0) is 9.59 Å². The lowest BCUT2D eigenvalue weighted by Crippen LogP contribution is -2.44. The SMILES string of the molecule is O=C(C[C@@H]1CCN(C(=O)C2CC2)C1)NNC(=O)Nc1cc(Cl)c(Br)cc1F. The van der Waals surface area contributed by atoms with E-state index in [-0.39, 0.29) is 40.8 Å².